The second-order valence-electron chi connectivity index (χ2n) is 15.7. The Morgan fingerprint density at radius 3 is 1.54 bits per heavy atom. The number of hydrogen-bond acceptors (Lipinski definition) is 0. The second-order valence-corrected chi connectivity index (χ2v) is 15.7. The molecular formula is C46H40. The van der Waals surface area contributed by atoms with Gasteiger partial charge in [0, 0.05) is 5.41 Å². The molecule has 7 aliphatic rings. The minimum absolute atomic E-state index is 0.456. The summed E-state index contributed by atoms with van der Waals surface area (Å²) in [6.45, 7) is 0. The summed E-state index contributed by atoms with van der Waals surface area (Å²) in [4.78, 5) is 0. The fourth-order valence-electron chi connectivity index (χ4n) is 12.7. The van der Waals surface area contributed by atoms with Gasteiger partial charge in [-0.1, -0.05) is 127 Å². The molecule has 7 aliphatic carbocycles. The zero-order valence-electron chi connectivity index (χ0n) is 26.4. The average Bonchev–Trinajstić information content (AvgIpc) is 3.13. The van der Waals surface area contributed by atoms with Gasteiger partial charge in [-0.3, -0.25) is 0 Å². The third-order valence-corrected chi connectivity index (χ3v) is 14.0. The van der Waals surface area contributed by atoms with Crippen LogP contribution in [0.4, 0.5) is 0 Å². The molecule has 0 spiro atoms. The van der Waals surface area contributed by atoms with E-state index in [-0.39, 0.29) is 0 Å². The first-order valence-electron chi connectivity index (χ1n) is 18.0. The Hall–Kier alpha value is -4.16. The van der Waals surface area contributed by atoms with Gasteiger partial charge in [-0.15, -0.1) is 0 Å². The van der Waals surface area contributed by atoms with Crippen molar-refractivity contribution in [2.24, 2.45) is 41.4 Å². The minimum atomic E-state index is 0.456. The van der Waals surface area contributed by atoms with Crippen molar-refractivity contribution in [2.75, 3.05) is 0 Å². The molecular weight excluding hydrogens is 553 g/mol. The largest absolute Gasteiger partial charge is 0.0622 e. The van der Waals surface area contributed by atoms with Crippen LogP contribution in [0.15, 0.2) is 127 Å². The maximum Gasteiger partial charge on any atom is 0.00178 e. The lowest BCUT2D eigenvalue weighted by Gasteiger charge is -2.74. The fourth-order valence-corrected chi connectivity index (χ4v) is 12.7. The number of benzene rings is 6. The Morgan fingerprint density at radius 1 is 0.391 bits per heavy atom. The van der Waals surface area contributed by atoms with Crippen molar-refractivity contribution < 1.29 is 0 Å². The molecule has 7 fully saturated rings. The lowest BCUT2D eigenvalue weighted by Crippen LogP contribution is -2.69. The van der Waals surface area contributed by atoms with Gasteiger partial charge in [0.2, 0.25) is 0 Å². The van der Waals surface area contributed by atoms with Crippen LogP contribution in [-0.4, -0.2) is 0 Å². The molecule has 0 nitrogen and oxygen atoms in total. The number of fused-ring (bicyclic) bond motifs is 2. The Balaban J connectivity index is 1.10. The van der Waals surface area contributed by atoms with Crippen molar-refractivity contribution in [2.45, 2.75) is 43.9 Å². The van der Waals surface area contributed by atoms with E-state index in [0.29, 0.717) is 5.41 Å². The lowest BCUT2D eigenvalue weighted by molar-refractivity contribution is -0.220. The zero-order valence-corrected chi connectivity index (χ0v) is 26.4. The molecule has 13 rings (SSSR count). The van der Waals surface area contributed by atoms with Gasteiger partial charge in [-0.25, -0.2) is 0 Å². The minimum Gasteiger partial charge on any atom is -0.0622 e. The number of rotatable bonds is 4. The maximum atomic E-state index is 2.60. The lowest BCUT2D eigenvalue weighted by atomic mass is 9.30. The van der Waals surface area contributed by atoms with Crippen molar-refractivity contribution in [1.29, 1.82) is 0 Å². The topological polar surface area (TPSA) is 0 Å². The van der Waals surface area contributed by atoms with Gasteiger partial charge in [-0.05, 0) is 140 Å². The summed E-state index contributed by atoms with van der Waals surface area (Å²) in [6.07, 6.45) is 9.15. The van der Waals surface area contributed by atoms with Crippen LogP contribution in [0.1, 0.15) is 44.1 Å². The highest BCUT2D eigenvalue weighted by atomic mass is 14.7. The van der Waals surface area contributed by atoms with E-state index >= 15 is 0 Å². The molecule has 8 bridgehead atoms. The Kier molecular flexibility index (Phi) is 5.33. The molecule has 4 atom stereocenters. The van der Waals surface area contributed by atoms with Crippen molar-refractivity contribution in [3.63, 3.8) is 0 Å². The molecule has 6 aromatic carbocycles. The fraction of sp³-hybridized carbons (Fsp3) is 0.304. The Bertz CT molecular complexity index is 2070. The molecule has 0 saturated heterocycles. The van der Waals surface area contributed by atoms with E-state index in [0.717, 1.165) is 41.4 Å². The summed E-state index contributed by atoms with van der Waals surface area (Å²) in [5, 5.41) is 5.36. The molecule has 0 radical (unpaired) electrons. The first-order chi connectivity index (χ1) is 22.8. The van der Waals surface area contributed by atoms with Gasteiger partial charge in [0.05, 0.1) is 0 Å². The molecule has 0 heteroatoms. The molecule has 4 unspecified atom stereocenters. The molecule has 7 saturated carbocycles. The van der Waals surface area contributed by atoms with Crippen LogP contribution < -0.4 is 0 Å². The first-order valence-corrected chi connectivity index (χ1v) is 18.0. The van der Waals surface area contributed by atoms with E-state index in [4.69, 9.17) is 0 Å². The number of hydrogen-bond donors (Lipinski definition) is 0. The highest BCUT2D eigenvalue weighted by molar-refractivity contribution is 6.22. The van der Waals surface area contributed by atoms with Crippen LogP contribution in [0.2, 0.25) is 0 Å². The van der Waals surface area contributed by atoms with Gasteiger partial charge in [-0.2, -0.15) is 0 Å². The maximum absolute atomic E-state index is 2.60. The van der Waals surface area contributed by atoms with E-state index in [1.165, 1.54) is 74.2 Å². The molecule has 224 valence electrons. The SMILES string of the molecule is c1ccc(-c2ccccc2-c2c3ccccc3c(-c3ccc(C45CC6CC7C8CC(CC74)CC5C8C6)cc3)c3ccccc23)cc1. The molecule has 6 aromatic rings. The molecule has 0 heterocycles. The van der Waals surface area contributed by atoms with E-state index in [1.54, 1.807) is 24.8 Å². The molecule has 0 amide bonds. The van der Waals surface area contributed by atoms with E-state index in [1.807, 2.05) is 0 Å². The van der Waals surface area contributed by atoms with Crippen LogP contribution >= 0.6 is 0 Å². The van der Waals surface area contributed by atoms with Gasteiger partial charge in [0.25, 0.3) is 0 Å². The van der Waals surface area contributed by atoms with Gasteiger partial charge < -0.3 is 0 Å². The van der Waals surface area contributed by atoms with E-state index < -0.39 is 0 Å². The molecule has 46 heavy (non-hydrogen) atoms. The van der Waals surface area contributed by atoms with Crippen molar-refractivity contribution in [1.82, 2.24) is 0 Å². The van der Waals surface area contributed by atoms with Gasteiger partial charge >= 0.3 is 0 Å². The van der Waals surface area contributed by atoms with E-state index in [2.05, 4.69) is 127 Å². The van der Waals surface area contributed by atoms with Crippen LogP contribution in [0.5, 0.6) is 0 Å². The standard InChI is InChI=1S/C46H40/c1-2-10-30(11-3-1)33-12-4-5-13-34(33)45-37-16-8-6-14-35(37)44(36-15-7-9-17-38(36)45)31-18-20-32(21-19-31)46-27-29-23-40-39-22-28(25-42(40)46)26-43(46)41(39)24-29/h1-21,28-29,39-43H,22-27H2. The first kappa shape index (κ1) is 26.0. The monoisotopic (exact) mass is 592 g/mol. The van der Waals surface area contributed by atoms with Crippen molar-refractivity contribution in [3.8, 4) is 33.4 Å². The average molecular weight is 593 g/mol. The van der Waals surface area contributed by atoms with Crippen molar-refractivity contribution in [3.05, 3.63) is 133 Å². The summed E-state index contributed by atoms with van der Waals surface area (Å²) in [6, 6.07) is 48.4. The van der Waals surface area contributed by atoms with Crippen LogP contribution in [0.25, 0.3) is 54.9 Å². The zero-order chi connectivity index (χ0) is 30.0. The smallest absolute Gasteiger partial charge is 0.00178 e. The predicted octanol–water partition coefficient (Wildman–Crippen LogP) is 12.0. The van der Waals surface area contributed by atoms with Crippen LogP contribution in [0.3, 0.4) is 0 Å². The summed E-state index contributed by atoms with van der Waals surface area (Å²) in [5.74, 6) is 6.99. The summed E-state index contributed by atoms with van der Waals surface area (Å²) in [5.41, 5.74) is 10.1. The second kappa shape index (κ2) is 9.45. The third-order valence-electron chi connectivity index (χ3n) is 14.0. The predicted molar refractivity (Wildman–Crippen MR) is 192 cm³/mol. The quantitative estimate of drug-likeness (QED) is 0.179. The summed E-state index contributed by atoms with van der Waals surface area (Å²) >= 11 is 0. The Labute approximate surface area is 272 Å². The Morgan fingerprint density at radius 2 is 0.913 bits per heavy atom. The van der Waals surface area contributed by atoms with Crippen LogP contribution in [-0.2, 0) is 5.41 Å². The third kappa shape index (κ3) is 3.36. The highest BCUT2D eigenvalue weighted by Gasteiger charge is 2.70. The van der Waals surface area contributed by atoms with Crippen LogP contribution in [0, 0.1) is 41.4 Å². The highest BCUT2D eigenvalue weighted by Crippen LogP contribution is 2.76. The molecule has 0 aliphatic heterocycles. The van der Waals surface area contributed by atoms with Gasteiger partial charge in [0.1, 0.15) is 0 Å². The molecule has 0 aromatic heterocycles. The molecule has 0 N–H and O–H groups in total. The van der Waals surface area contributed by atoms with Crippen molar-refractivity contribution >= 4 is 21.5 Å². The summed E-state index contributed by atoms with van der Waals surface area (Å²) in [7, 11) is 0. The summed E-state index contributed by atoms with van der Waals surface area (Å²) < 4.78 is 0. The van der Waals surface area contributed by atoms with Gasteiger partial charge in [0.15, 0.2) is 0 Å². The van der Waals surface area contributed by atoms with E-state index in [9.17, 15) is 0 Å². The normalized spacial score (nSPS) is 31.7.